The lowest BCUT2D eigenvalue weighted by Gasteiger charge is -2.25. The second-order valence-corrected chi connectivity index (χ2v) is 5.14. The summed E-state index contributed by atoms with van der Waals surface area (Å²) in [6.07, 6.45) is 0. The van der Waals surface area contributed by atoms with E-state index < -0.39 is 0 Å². The number of rotatable bonds is 6. The lowest BCUT2D eigenvalue weighted by molar-refractivity contribution is -0.123. The summed E-state index contributed by atoms with van der Waals surface area (Å²) < 4.78 is 0. The monoisotopic (exact) mass is 283 g/mol. The maximum atomic E-state index is 11.6. The van der Waals surface area contributed by atoms with Crippen molar-refractivity contribution in [1.82, 2.24) is 10.6 Å². The van der Waals surface area contributed by atoms with E-state index >= 15 is 0 Å². The molecule has 0 aromatic heterocycles. The van der Waals surface area contributed by atoms with Crippen molar-refractivity contribution >= 4 is 23.2 Å². The molecule has 0 aliphatic carbocycles. The van der Waals surface area contributed by atoms with E-state index in [4.69, 9.17) is 11.6 Å². The van der Waals surface area contributed by atoms with E-state index in [-0.39, 0.29) is 11.8 Å². The Morgan fingerprint density at radius 2 is 2.11 bits per heavy atom. The minimum absolute atomic E-state index is 0.0518. The van der Waals surface area contributed by atoms with Crippen LogP contribution in [0.1, 0.15) is 12.5 Å². The van der Waals surface area contributed by atoms with E-state index in [1.54, 1.807) is 7.05 Å². The first kappa shape index (κ1) is 15.8. The van der Waals surface area contributed by atoms with Gasteiger partial charge >= 0.3 is 0 Å². The van der Waals surface area contributed by atoms with E-state index in [9.17, 15) is 4.79 Å². The van der Waals surface area contributed by atoms with Gasteiger partial charge in [0.2, 0.25) is 5.91 Å². The number of halogens is 1. The lowest BCUT2D eigenvalue weighted by atomic mass is 10.1. The van der Waals surface area contributed by atoms with Crippen LogP contribution < -0.4 is 15.5 Å². The second-order valence-electron chi connectivity index (χ2n) is 4.70. The van der Waals surface area contributed by atoms with Gasteiger partial charge < -0.3 is 15.5 Å². The van der Waals surface area contributed by atoms with Gasteiger partial charge in [0.15, 0.2) is 0 Å². The summed E-state index contributed by atoms with van der Waals surface area (Å²) in [5.74, 6) is -0.0101. The van der Waals surface area contributed by atoms with Crippen molar-refractivity contribution in [1.29, 1.82) is 0 Å². The molecule has 1 atom stereocenters. The van der Waals surface area contributed by atoms with Crippen molar-refractivity contribution in [2.45, 2.75) is 13.5 Å². The fraction of sp³-hybridized carbons (Fsp3) is 0.500. The minimum atomic E-state index is -0.0619. The average Bonchev–Trinajstić information content (AvgIpc) is 2.38. The Balaban J connectivity index is 2.86. The molecule has 1 amide bonds. The van der Waals surface area contributed by atoms with Crippen molar-refractivity contribution < 1.29 is 4.79 Å². The topological polar surface area (TPSA) is 44.4 Å². The molecule has 0 aliphatic rings. The highest BCUT2D eigenvalue weighted by Gasteiger charge is 2.15. The van der Waals surface area contributed by atoms with Gasteiger partial charge in [-0.2, -0.15) is 0 Å². The SMILES string of the molecule is CNCc1cc(Cl)ccc1N(C)CC(C)C(=O)NC. The first-order chi connectivity index (χ1) is 8.99. The maximum Gasteiger partial charge on any atom is 0.224 e. The Labute approximate surface area is 120 Å². The molecule has 1 unspecified atom stereocenters. The Bertz CT molecular complexity index is 437. The van der Waals surface area contributed by atoms with Crippen LogP contribution in [0.4, 0.5) is 5.69 Å². The average molecular weight is 284 g/mol. The summed E-state index contributed by atoms with van der Waals surface area (Å²) in [5, 5.41) is 6.52. The zero-order chi connectivity index (χ0) is 14.4. The standard InChI is InChI=1S/C14H22ClN3O/c1-10(14(19)17-3)9-18(4)13-6-5-12(15)7-11(13)8-16-2/h5-7,10,16H,8-9H2,1-4H3,(H,17,19). The van der Waals surface area contributed by atoms with Gasteiger partial charge in [-0.3, -0.25) is 4.79 Å². The molecule has 4 nitrogen and oxygen atoms in total. The Morgan fingerprint density at radius 1 is 1.42 bits per heavy atom. The largest absolute Gasteiger partial charge is 0.374 e. The van der Waals surface area contributed by atoms with Crippen LogP contribution in [0.2, 0.25) is 5.02 Å². The van der Waals surface area contributed by atoms with Gasteiger partial charge in [0.25, 0.3) is 0 Å². The molecule has 1 rings (SSSR count). The third-order valence-electron chi connectivity index (χ3n) is 3.06. The number of benzene rings is 1. The summed E-state index contributed by atoms with van der Waals surface area (Å²) in [7, 11) is 5.55. The number of hydrogen-bond acceptors (Lipinski definition) is 3. The molecule has 0 spiro atoms. The third-order valence-corrected chi connectivity index (χ3v) is 3.30. The summed E-state index contributed by atoms with van der Waals surface area (Å²) in [5.41, 5.74) is 2.22. The highest BCUT2D eigenvalue weighted by atomic mass is 35.5. The van der Waals surface area contributed by atoms with E-state index in [2.05, 4.69) is 15.5 Å². The Hall–Kier alpha value is -1.26. The fourth-order valence-corrected chi connectivity index (χ4v) is 2.29. The van der Waals surface area contributed by atoms with E-state index in [0.29, 0.717) is 6.54 Å². The van der Waals surface area contributed by atoms with Crippen LogP contribution in [0.25, 0.3) is 0 Å². The van der Waals surface area contributed by atoms with Gasteiger partial charge in [0.05, 0.1) is 5.92 Å². The molecule has 0 radical (unpaired) electrons. The van der Waals surface area contributed by atoms with Gasteiger partial charge in [-0.15, -0.1) is 0 Å². The Kier molecular flexibility index (Phi) is 6.12. The molecule has 106 valence electrons. The van der Waals surface area contributed by atoms with Crippen LogP contribution >= 0.6 is 11.6 Å². The Morgan fingerprint density at radius 3 is 2.68 bits per heavy atom. The van der Waals surface area contributed by atoms with Gasteiger partial charge in [0, 0.05) is 37.9 Å². The van der Waals surface area contributed by atoms with Crippen LogP contribution in [0, 0.1) is 5.92 Å². The second kappa shape index (κ2) is 7.36. The normalized spacial score (nSPS) is 12.1. The van der Waals surface area contributed by atoms with Gasteiger partial charge in [-0.05, 0) is 30.8 Å². The highest BCUT2D eigenvalue weighted by Crippen LogP contribution is 2.24. The van der Waals surface area contributed by atoms with Crippen LogP contribution in [0.5, 0.6) is 0 Å². The quantitative estimate of drug-likeness (QED) is 0.838. The van der Waals surface area contributed by atoms with Crippen LogP contribution in [0.3, 0.4) is 0 Å². The molecule has 0 heterocycles. The van der Waals surface area contributed by atoms with E-state index in [1.807, 2.05) is 39.2 Å². The van der Waals surface area contributed by atoms with E-state index in [0.717, 1.165) is 22.8 Å². The molecular weight excluding hydrogens is 262 g/mol. The van der Waals surface area contributed by atoms with E-state index in [1.165, 1.54) is 0 Å². The van der Waals surface area contributed by atoms with Crippen molar-refractivity contribution in [2.75, 3.05) is 32.6 Å². The van der Waals surface area contributed by atoms with Crippen molar-refractivity contribution in [3.8, 4) is 0 Å². The van der Waals surface area contributed by atoms with Crippen molar-refractivity contribution in [3.63, 3.8) is 0 Å². The zero-order valence-electron chi connectivity index (χ0n) is 12.0. The van der Waals surface area contributed by atoms with Gasteiger partial charge in [-0.25, -0.2) is 0 Å². The zero-order valence-corrected chi connectivity index (χ0v) is 12.7. The predicted octanol–water partition coefficient (Wildman–Crippen LogP) is 1.88. The first-order valence-corrected chi connectivity index (χ1v) is 6.73. The summed E-state index contributed by atoms with van der Waals surface area (Å²) in [6.45, 7) is 3.33. The first-order valence-electron chi connectivity index (χ1n) is 6.35. The maximum absolute atomic E-state index is 11.6. The minimum Gasteiger partial charge on any atom is -0.374 e. The molecule has 0 bridgehead atoms. The van der Waals surface area contributed by atoms with Crippen LogP contribution in [-0.4, -0.2) is 33.6 Å². The number of hydrogen-bond donors (Lipinski definition) is 2. The molecule has 0 fully saturated rings. The van der Waals surface area contributed by atoms with Gasteiger partial charge in [-0.1, -0.05) is 18.5 Å². The number of carbonyl (C=O) groups is 1. The van der Waals surface area contributed by atoms with Crippen molar-refractivity contribution in [3.05, 3.63) is 28.8 Å². The molecule has 0 saturated carbocycles. The van der Waals surface area contributed by atoms with Crippen LogP contribution in [-0.2, 0) is 11.3 Å². The third kappa shape index (κ3) is 4.40. The predicted molar refractivity (Wildman–Crippen MR) is 80.7 cm³/mol. The summed E-state index contributed by atoms with van der Waals surface area (Å²) >= 11 is 6.03. The molecule has 0 saturated heterocycles. The lowest BCUT2D eigenvalue weighted by Crippen LogP contribution is -2.34. The number of carbonyl (C=O) groups excluding carboxylic acids is 1. The molecule has 0 aliphatic heterocycles. The molecule has 5 heteroatoms. The smallest absolute Gasteiger partial charge is 0.224 e. The summed E-state index contributed by atoms with van der Waals surface area (Å²) in [4.78, 5) is 13.7. The molecule has 1 aromatic rings. The number of amides is 1. The molecule has 2 N–H and O–H groups in total. The van der Waals surface area contributed by atoms with Crippen LogP contribution in [0.15, 0.2) is 18.2 Å². The van der Waals surface area contributed by atoms with Gasteiger partial charge in [0.1, 0.15) is 0 Å². The number of anilines is 1. The summed E-state index contributed by atoms with van der Waals surface area (Å²) in [6, 6.07) is 5.82. The number of nitrogens with one attached hydrogen (secondary N) is 2. The number of nitrogens with zero attached hydrogens (tertiary/aromatic N) is 1. The molecular formula is C14H22ClN3O. The van der Waals surface area contributed by atoms with Crippen molar-refractivity contribution in [2.24, 2.45) is 5.92 Å². The fourth-order valence-electron chi connectivity index (χ4n) is 2.10. The molecule has 19 heavy (non-hydrogen) atoms. The molecule has 1 aromatic carbocycles. The highest BCUT2D eigenvalue weighted by molar-refractivity contribution is 6.30.